The van der Waals surface area contributed by atoms with E-state index in [4.69, 9.17) is 22.1 Å². The molecule has 0 spiro atoms. The molecule has 0 unspecified atom stereocenters. The van der Waals surface area contributed by atoms with E-state index in [0.717, 1.165) is 5.56 Å². The summed E-state index contributed by atoms with van der Waals surface area (Å²) in [7, 11) is 0. The molecular weight excluding hydrogens is 344 g/mol. The molecule has 0 saturated heterocycles. The van der Waals surface area contributed by atoms with Gasteiger partial charge in [-0.25, -0.2) is 0 Å². The van der Waals surface area contributed by atoms with E-state index in [1.54, 1.807) is 30.3 Å². The number of amides is 2. The van der Waals surface area contributed by atoms with Gasteiger partial charge in [0.05, 0.1) is 5.56 Å². The second-order valence-electron chi connectivity index (χ2n) is 5.32. The first kappa shape index (κ1) is 18.5. The average molecular weight is 361 g/mol. The molecule has 6 nitrogen and oxygen atoms in total. The van der Waals surface area contributed by atoms with E-state index in [2.05, 4.69) is 5.32 Å². The fourth-order valence-corrected chi connectivity index (χ4v) is 2.25. The van der Waals surface area contributed by atoms with E-state index >= 15 is 0 Å². The summed E-state index contributed by atoms with van der Waals surface area (Å²) >= 11 is 5.82. The molecule has 2 aromatic rings. The molecule has 2 amide bonds. The van der Waals surface area contributed by atoms with Crippen molar-refractivity contribution in [1.29, 1.82) is 0 Å². The lowest BCUT2D eigenvalue weighted by atomic mass is 10.1. The Kier molecular flexibility index (Phi) is 6.14. The Bertz CT molecular complexity index is 803. The van der Waals surface area contributed by atoms with Gasteiger partial charge in [-0.05, 0) is 23.8 Å². The predicted octanol–water partition coefficient (Wildman–Crippen LogP) is 2.34. The van der Waals surface area contributed by atoms with Crippen LogP contribution in [0.3, 0.4) is 0 Å². The predicted molar refractivity (Wildman–Crippen MR) is 93.8 cm³/mol. The van der Waals surface area contributed by atoms with Crippen LogP contribution in [-0.2, 0) is 11.3 Å². The van der Waals surface area contributed by atoms with Crippen LogP contribution in [0.4, 0.5) is 0 Å². The minimum absolute atomic E-state index is 0.117. The lowest BCUT2D eigenvalue weighted by Gasteiger charge is -2.10. The maximum absolute atomic E-state index is 12.2. The van der Waals surface area contributed by atoms with Crippen molar-refractivity contribution >= 4 is 29.2 Å². The first-order chi connectivity index (χ1) is 11.9. The number of nitrogens with one attached hydrogen (secondary N) is 1. The van der Waals surface area contributed by atoms with E-state index in [0.29, 0.717) is 17.1 Å². The van der Waals surface area contributed by atoms with E-state index in [9.17, 15) is 14.4 Å². The summed E-state index contributed by atoms with van der Waals surface area (Å²) < 4.78 is 5.41. The van der Waals surface area contributed by atoms with Crippen LogP contribution in [0.1, 0.15) is 33.2 Å². The number of benzene rings is 2. The molecule has 0 heterocycles. The molecule has 0 aliphatic heterocycles. The van der Waals surface area contributed by atoms with Crippen LogP contribution < -0.4 is 15.8 Å². The van der Waals surface area contributed by atoms with Gasteiger partial charge >= 0.3 is 0 Å². The van der Waals surface area contributed by atoms with Gasteiger partial charge in [0.1, 0.15) is 5.75 Å². The number of hydrogen-bond acceptors (Lipinski definition) is 4. The van der Waals surface area contributed by atoms with E-state index in [-0.39, 0.29) is 29.6 Å². The summed E-state index contributed by atoms with van der Waals surface area (Å²) in [6, 6.07) is 11.2. The zero-order valence-electron chi connectivity index (χ0n) is 13.5. The van der Waals surface area contributed by atoms with Crippen molar-refractivity contribution in [2.45, 2.75) is 13.5 Å². The molecule has 130 valence electrons. The number of carbonyl (C=O) groups is 3. The molecule has 0 saturated carbocycles. The fourth-order valence-electron chi connectivity index (χ4n) is 2.08. The highest BCUT2D eigenvalue weighted by atomic mass is 35.5. The Hall–Kier alpha value is -2.86. The number of rotatable bonds is 7. The summed E-state index contributed by atoms with van der Waals surface area (Å²) in [6.07, 6.45) is 0. The maximum atomic E-state index is 12.2. The quantitative estimate of drug-likeness (QED) is 0.740. The Morgan fingerprint density at radius 1 is 1.12 bits per heavy atom. The van der Waals surface area contributed by atoms with Gasteiger partial charge in [0.15, 0.2) is 12.4 Å². The Balaban J connectivity index is 2.01. The van der Waals surface area contributed by atoms with Gasteiger partial charge in [0.2, 0.25) is 5.91 Å². The van der Waals surface area contributed by atoms with Crippen molar-refractivity contribution in [2.75, 3.05) is 6.61 Å². The van der Waals surface area contributed by atoms with Crippen molar-refractivity contribution in [3.05, 3.63) is 64.2 Å². The second-order valence-corrected chi connectivity index (χ2v) is 5.76. The largest absolute Gasteiger partial charge is 0.485 e. The lowest BCUT2D eigenvalue weighted by Crippen LogP contribution is -2.19. The molecule has 0 atom stereocenters. The molecule has 2 rings (SSSR count). The van der Waals surface area contributed by atoms with Crippen molar-refractivity contribution in [3.8, 4) is 5.75 Å². The van der Waals surface area contributed by atoms with Gasteiger partial charge in [0, 0.05) is 24.1 Å². The van der Waals surface area contributed by atoms with Crippen molar-refractivity contribution in [1.82, 2.24) is 5.32 Å². The molecule has 0 aliphatic rings. The monoisotopic (exact) mass is 360 g/mol. The van der Waals surface area contributed by atoms with Gasteiger partial charge in [-0.1, -0.05) is 35.9 Å². The minimum atomic E-state index is -0.688. The third kappa shape index (κ3) is 5.32. The fraction of sp³-hybridized carbons (Fsp3) is 0.167. The van der Waals surface area contributed by atoms with Crippen LogP contribution in [-0.4, -0.2) is 24.2 Å². The molecule has 25 heavy (non-hydrogen) atoms. The number of Topliss-reactive ketones (excluding diaryl/α,β-unsaturated/α-hetero) is 1. The highest BCUT2D eigenvalue weighted by molar-refractivity contribution is 6.31. The molecule has 7 heteroatoms. The number of carbonyl (C=O) groups excluding carboxylic acids is 3. The van der Waals surface area contributed by atoms with Crippen molar-refractivity contribution < 1.29 is 19.1 Å². The standard InChI is InChI=1S/C18H17ClN2O4/c1-11(22)21-9-12-2-4-13(5-3-12)16(23)10-25-17-7-6-14(19)8-15(17)18(20)24/h2-8H,9-10H2,1H3,(H2,20,24)(H,21,22). The number of nitrogens with two attached hydrogens (primary N) is 1. The van der Waals surface area contributed by atoms with Gasteiger partial charge in [-0.3, -0.25) is 14.4 Å². The molecule has 2 aromatic carbocycles. The van der Waals surface area contributed by atoms with Crippen LogP contribution in [0, 0.1) is 0 Å². The Morgan fingerprint density at radius 2 is 1.80 bits per heavy atom. The van der Waals surface area contributed by atoms with Gasteiger partial charge < -0.3 is 15.8 Å². The van der Waals surface area contributed by atoms with Gasteiger partial charge in [-0.2, -0.15) is 0 Å². The lowest BCUT2D eigenvalue weighted by molar-refractivity contribution is -0.119. The minimum Gasteiger partial charge on any atom is -0.485 e. The summed E-state index contributed by atoms with van der Waals surface area (Å²) in [5.41, 5.74) is 6.73. The van der Waals surface area contributed by atoms with Crippen molar-refractivity contribution in [2.24, 2.45) is 5.73 Å². The molecule has 0 bridgehead atoms. The van der Waals surface area contributed by atoms with Crippen LogP contribution in [0.5, 0.6) is 5.75 Å². The summed E-state index contributed by atoms with van der Waals surface area (Å²) in [4.78, 5) is 34.5. The van der Waals surface area contributed by atoms with E-state index in [1.165, 1.54) is 19.1 Å². The topological polar surface area (TPSA) is 98.5 Å². The number of ether oxygens (including phenoxy) is 1. The normalized spacial score (nSPS) is 10.2. The first-order valence-electron chi connectivity index (χ1n) is 7.45. The third-order valence-electron chi connectivity index (χ3n) is 3.38. The Labute approximate surface area is 149 Å². The molecular formula is C18H17ClN2O4. The average Bonchev–Trinajstić information content (AvgIpc) is 2.58. The number of ketones is 1. The van der Waals surface area contributed by atoms with Gasteiger partial charge in [-0.15, -0.1) is 0 Å². The molecule has 0 fully saturated rings. The zero-order valence-corrected chi connectivity index (χ0v) is 14.3. The summed E-state index contributed by atoms with van der Waals surface area (Å²) in [6.45, 7) is 1.59. The van der Waals surface area contributed by atoms with Crippen LogP contribution in [0.15, 0.2) is 42.5 Å². The zero-order chi connectivity index (χ0) is 18.4. The summed E-state index contributed by atoms with van der Waals surface area (Å²) in [5, 5.41) is 3.02. The molecule has 0 radical (unpaired) electrons. The second kappa shape index (κ2) is 8.30. The highest BCUT2D eigenvalue weighted by Gasteiger charge is 2.13. The smallest absolute Gasteiger partial charge is 0.252 e. The van der Waals surface area contributed by atoms with E-state index < -0.39 is 5.91 Å². The number of primary amides is 1. The maximum Gasteiger partial charge on any atom is 0.252 e. The van der Waals surface area contributed by atoms with Crippen molar-refractivity contribution in [3.63, 3.8) is 0 Å². The molecule has 0 aromatic heterocycles. The molecule has 0 aliphatic carbocycles. The van der Waals surface area contributed by atoms with Crippen LogP contribution >= 0.6 is 11.6 Å². The first-order valence-corrected chi connectivity index (χ1v) is 7.83. The summed E-state index contributed by atoms with van der Waals surface area (Å²) in [5.74, 6) is -0.863. The van der Waals surface area contributed by atoms with E-state index in [1.807, 2.05) is 0 Å². The Morgan fingerprint density at radius 3 is 2.40 bits per heavy atom. The van der Waals surface area contributed by atoms with Gasteiger partial charge in [0.25, 0.3) is 5.91 Å². The highest BCUT2D eigenvalue weighted by Crippen LogP contribution is 2.22. The van der Waals surface area contributed by atoms with Crippen LogP contribution in [0.2, 0.25) is 5.02 Å². The third-order valence-corrected chi connectivity index (χ3v) is 3.62. The number of hydrogen-bond donors (Lipinski definition) is 2. The SMILES string of the molecule is CC(=O)NCc1ccc(C(=O)COc2ccc(Cl)cc2C(N)=O)cc1. The molecule has 3 N–H and O–H groups in total. The number of halogens is 1. The van der Waals surface area contributed by atoms with Crippen LogP contribution in [0.25, 0.3) is 0 Å².